The summed E-state index contributed by atoms with van der Waals surface area (Å²) < 4.78 is 1.56. The number of piperidine rings is 1. The molecule has 2 amide bonds. The molecule has 2 aliphatic rings. The summed E-state index contributed by atoms with van der Waals surface area (Å²) in [6.07, 6.45) is 5.56. The van der Waals surface area contributed by atoms with E-state index >= 15 is 0 Å². The van der Waals surface area contributed by atoms with Gasteiger partial charge in [-0.1, -0.05) is 0 Å². The second-order valence-corrected chi connectivity index (χ2v) is 9.12. The molecule has 1 fully saturated rings. The Bertz CT molecular complexity index is 1230. The predicted molar refractivity (Wildman–Crippen MR) is 117 cm³/mol. The van der Waals surface area contributed by atoms with Crippen LogP contribution in [0.2, 0.25) is 0 Å². The summed E-state index contributed by atoms with van der Waals surface area (Å²) in [4.78, 5) is 47.8. The molecule has 10 heteroatoms. The van der Waals surface area contributed by atoms with Crippen LogP contribution in [0.3, 0.4) is 0 Å². The molecule has 0 saturated carbocycles. The summed E-state index contributed by atoms with van der Waals surface area (Å²) in [7, 11) is 0. The summed E-state index contributed by atoms with van der Waals surface area (Å²) >= 11 is 1.24. The molecule has 0 radical (unpaired) electrons. The highest BCUT2D eigenvalue weighted by Gasteiger charge is 2.28. The maximum Gasteiger partial charge on any atom is 0.276 e. The maximum absolute atomic E-state index is 13.0. The Morgan fingerprint density at radius 1 is 1.23 bits per heavy atom. The first kappa shape index (κ1) is 19.9. The number of amides is 2. The number of likely N-dealkylation sites (tertiary alicyclic amines) is 1. The summed E-state index contributed by atoms with van der Waals surface area (Å²) in [5.41, 5.74) is 3.70. The Morgan fingerprint density at radius 3 is 2.90 bits per heavy atom. The first-order valence-electron chi connectivity index (χ1n) is 10.7. The lowest BCUT2D eigenvalue weighted by Gasteiger charge is -2.31. The highest BCUT2D eigenvalue weighted by Crippen LogP contribution is 2.28. The molecular formula is C21H24N6O3S. The Labute approximate surface area is 182 Å². The SMILES string of the molecule is CC(=O)Nc1nc(C(=O)N2CCC[C@H](c3cc4nc5c(c(=O)n4[nH]3)CCCC5)C2)cs1. The van der Waals surface area contributed by atoms with E-state index in [1.807, 2.05) is 6.07 Å². The van der Waals surface area contributed by atoms with E-state index in [9.17, 15) is 14.4 Å². The van der Waals surface area contributed by atoms with E-state index in [1.54, 1.807) is 14.8 Å². The van der Waals surface area contributed by atoms with Crippen molar-refractivity contribution in [3.05, 3.63) is 44.4 Å². The molecule has 1 saturated heterocycles. The normalized spacial score (nSPS) is 18.7. The van der Waals surface area contributed by atoms with Gasteiger partial charge in [-0.15, -0.1) is 11.3 Å². The quantitative estimate of drug-likeness (QED) is 0.649. The molecule has 5 rings (SSSR count). The Hall–Kier alpha value is -3.01. The van der Waals surface area contributed by atoms with Gasteiger partial charge in [-0.3, -0.25) is 19.5 Å². The van der Waals surface area contributed by atoms with Crippen LogP contribution in [0, 0.1) is 0 Å². The minimum absolute atomic E-state index is 0.00247. The van der Waals surface area contributed by atoms with E-state index in [0.29, 0.717) is 29.6 Å². The van der Waals surface area contributed by atoms with Crippen LogP contribution >= 0.6 is 11.3 Å². The molecule has 0 unspecified atom stereocenters. The molecule has 1 aliphatic carbocycles. The van der Waals surface area contributed by atoms with Crippen molar-refractivity contribution in [1.82, 2.24) is 24.5 Å². The highest BCUT2D eigenvalue weighted by atomic mass is 32.1. The number of nitrogens with zero attached hydrogens (tertiary/aromatic N) is 4. The Kier molecular flexibility index (Phi) is 5.09. The number of aromatic nitrogens is 4. The van der Waals surface area contributed by atoms with Crippen LogP contribution < -0.4 is 10.9 Å². The molecule has 0 aromatic carbocycles. The zero-order valence-corrected chi connectivity index (χ0v) is 18.1. The number of thiazole rings is 1. The van der Waals surface area contributed by atoms with Gasteiger partial charge in [0.2, 0.25) is 5.91 Å². The highest BCUT2D eigenvalue weighted by molar-refractivity contribution is 7.14. The van der Waals surface area contributed by atoms with Gasteiger partial charge in [0, 0.05) is 48.6 Å². The fraction of sp³-hybridized carbons (Fsp3) is 0.476. The van der Waals surface area contributed by atoms with E-state index < -0.39 is 0 Å². The van der Waals surface area contributed by atoms with Crippen molar-refractivity contribution in [1.29, 1.82) is 0 Å². The molecule has 162 valence electrons. The third-order valence-electron chi connectivity index (χ3n) is 6.06. The van der Waals surface area contributed by atoms with E-state index in [2.05, 4.69) is 15.4 Å². The Morgan fingerprint density at radius 2 is 2.06 bits per heavy atom. The lowest BCUT2D eigenvalue weighted by atomic mass is 9.94. The van der Waals surface area contributed by atoms with Gasteiger partial charge < -0.3 is 10.2 Å². The molecule has 2 N–H and O–H groups in total. The van der Waals surface area contributed by atoms with Crippen LogP contribution in [0.1, 0.15) is 66.0 Å². The maximum atomic E-state index is 13.0. The van der Waals surface area contributed by atoms with Crippen molar-refractivity contribution in [2.24, 2.45) is 0 Å². The monoisotopic (exact) mass is 440 g/mol. The number of hydrogen-bond donors (Lipinski definition) is 2. The molecule has 3 aromatic rings. The molecule has 0 bridgehead atoms. The summed E-state index contributed by atoms with van der Waals surface area (Å²) in [5.74, 6) is -0.251. The van der Waals surface area contributed by atoms with Crippen LogP contribution in [-0.4, -0.2) is 49.4 Å². The standard InChI is InChI=1S/C21H24N6O3S/c1-12(28)22-21-24-17(11-31-21)20(30)26-8-4-5-13(10-26)16-9-18-23-15-7-3-2-6-14(15)19(29)27(18)25-16/h9,11,13,25H,2-8,10H2,1H3,(H,22,24,28)/t13-/m0/s1. The van der Waals surface area contributed by atoms with Gasteiger partial charge in [0.05, 0.1) is 5.69 Å². The lowest BCUT2D eigenvalue weighted by Crippen LogP contribution is -2.39. The van der Waals surface area contributed by atoms with Crippen molar-refractivity contribution in [2.45, 2.75) is 51.4 Å². The number of anilines is 1. The van der Waals surface area contributed by atoms with Crippen molar-refractivity contribution in [2.75, 3.05) is 18.4 Å². The zero-order chi connectivity index (χ0) is 21.5. The van der Waals surface area contributed by atoms with Crippen molar-refractivity contribution in [3.8, 4) is 0 Å². The van der Waals surface area contributed by atoms with Crippen molar-refractivity contribution < 1.29 is 9.59 Å². The lowest BCUT2D eigenvalue weighted by molar-refractivity contribution is -0.114. The number of nitrogens with one attached hydrogen (secondary N) is 2. The van der Waals surface area contributed by atoms with E-state index in [-0.39, 0.29) is 23.3 Å². The van der Waals surface area contributed by atoms with Gasteiger partial charge in [-0.05, 0) is 38.5 Å². The van der Waals surface area contributed by atoms with Gasteiger partial charge in [0.1, 0.15) is 5.69 Å². The second-order valence-electron chi connectivity index (χ2n) is 8.26. The molecule has 1 aliphatic heterocycles. The average Bonchev–Trinajstić information content (AvgIpc) is 3.40. The average molecular weight is 441 g/mol. The number of carbonyl (C=O) groups excluding carboxylic acids is 2. The molecule has 31 heavy (non-hydrogen) atoms. The van der Waals surface area contributed by atoms with Crippen molar-refractivity contribution in [3.63, 3.8) is 0 Å². The van der Waals surface area contributed by atoms with Crippen LogP contribution in [0.25, 0.3) is 5.65 Å². The number of aromatic amines is 1. The number of fused-ring (bicyclic) bond motifs is 2. The first-order valence-corrected chi connectivity index (χ1v) is 11.5. The number of carbonyl (C=O) groups is 2. The third-order valence-corrected chi connectivity index (χ3v) is 6.82. The van der Waals surface area contributed by atoms with E-state index in [0.717, 1.165) is 55.5 Å². The van der Waals surface area contributed by atoms with Crippen molar-refractivity contribution >= 4 is 33.9 Å². The second kappa shape index (κ2) is 7.92. The fourth-order valence-corrected chi connectivity index (χ4v) is 5.27. The van der Waals surface area contributed by atoms with Gasteiger partial charge in [-0.25, -0.2) is 14.5 Å². The summed E-state index contributed by atoms with van der Waals surface area (Å²) in [5, 5.41) is 7.97. The number of rotatable bonds is 3. The van der Waals surface area contributed by atoms with Gasteiger partial charge >= 0.3 is 0 Å². The molecular weight excluding hydrogens is 416 g/mol. The number of hydrogen-bond acceptors (Lipinski definition) is 6. The van der Waals surface area contributed by atoms with Gasteiger partial charge in [-0.2, -0.15) is 0 Å². The summed E-state index contributed by atoms with van der Waals surface area (Å²) in [6, 6.07) is 1.95. The molecule has 3 aromatic heterocycles. The van der Waals surface area contributed by atoms with E-state index in [1.165, 1.54) is 18.3 Å². The molecule has 1 atom stereocenters. The minimum atomic E-state index is -0.212. The fourth-order valence-electron chi connectivity index (χ4n) is 4.54. The molecule has 9 nitrogen and oxygen atoms in total. The van der Waals surface area contributed by atoms with E-state index in [4.69, 9.17) is 4.98 Å². The zero-order valence-electron chi connectivity index (χ0n) is 17.3. The number of H-pyrrole nitrogens is 1. The van der Waals surface area contributed by atoms with Crippen LogP contribution in [-0.2, 0) is 17.6 Å². The topological polar surface area (TPSA) is 112 Å². The first-order chi connectivity index (χ1) is 15.0. The minimum Gasteiger partial charge on any atom is -0.337 e. The van der Waals surface area contributed by atoms with Crippen LogP contribution in [0.5, 0.6) is 0 Å². The Balaban J connectivity index is 1.37. The smallest absolute Gasteiger partial charge is 0.276 e. The third kappa shape index (κ3) is 3.76. The largest absolute Gasteiger partial charge is 0.337 e. The molecule has 4 heterocycles. The number of aryl methyl sites for hydroxylation is 1. The van der Waals surface area contributed by atoms with Gasteiger partial charge in [0.25, 0.3) is 11.5 Å². The van der Waals surface area contributed by atoms with Gasteiger partial charge in [0.15, 0.2) is 10.8 Å². The molecule has 0 spiro atoms. The van der Waals surface area contributed by atoms with Crippen LogP contribution in [0.4, 0.5) is 5.13 Å². The predicted octanol–water partition coefficient (Wildman–Crippen LogP) is 2.34. The summed E-state index contributed by atoms with van der Waals surface area (Å²) in [6.45, 7) is 2.62. The van der Waals surface area contributed by atoms with Crippen LogP contribution in [0.15, 0.2) is 16.2 Å².